The second-order valence-corrected chi connectivity index (χ2v) is 4.92. The van der Waals surface area contributed by atoms with Crippen LogP contribution in [0.25, 0.3) is 0 Å². The zero-order chi connectivity index (χ0) is 13.9. The molecule has 5 heteroatoms. The third kappa shape index (κ3) is 2.83. The molecular formula is C15H14N2O2S. The first-order valence-electron chi connectivity index (χ1n) is 6.25. The molecule has 1 heterocycles. The van der Waals surface area contributed by atoms with Gasteiger partial charge in [-0.3, -0.25) is 0 Å². The zero-order valence-corrected chi connectivity index (χ0v) is 11.8. The number of nitrogens with one attached hydrogen (secondary N) is 2. The predicted octanol–water partition coefficient (Wildman–Crippen LogP) is 3.53. The lowest BCUT2D eigenvalue weighted by atomic mass is 10.2. The van der Waals surface area contributed by atoms with E-state index >= 15 is 0 Å². The summed E-state index contributed by atoms with van der Waals surface area (Å²) in [5, 5.41) is 6.81. The fraction of sp³-hybridized carbons (Fsp3) is 0.133. The van der Waals surface area contributed by atoms with Gasteiger partial charge >= 0.3 is 0 Å². The van der Waals surface area contributed by atoms with Gasteiger partial charge in [-0.05, 0) is 49.0 Å². The van der Waals surface area contributed by atoms with Crippen molar-refractivity contribution in [1.82, 2.24) is 0 Å². The number of ether oxygens (including phenoxy) is 2. The van der Waals surface area contributed by atoms with E-state index in [1.807, 2.05) is 49.4 Å². The Labute approximate surface area is 122 Å². The van der Waals surface area contributed by atoms with Gasteiger partial charge in [0, 0.05) is 17.4 Å². The summed E-state index contributed by atoms with van der Waals surface area (Å²) in [5.74, 6) is 1.49. The fourth-order valence-electron chi connectivity index (χ4n) is 1.99. The highest BCUT2D eigenvalue weighted by Gasteiger charge is 2.13. The van der Waals surface area contributed by atoms with Gasteiger partial charge in [0.15, 0.2) is 16.6 Å². The van der Waals surface area contributed by atoms with E-state index in [0.29, 0.717) is 5.11 Å². The molecule has 4 nitrogen and oxygen atoms in total. The van der Waals surface area contributed by atoms with E-state index in [2.05, 4.69) is 10.6 Å². The van der Waals surface area contributed by atoms with E-state index in [1.54, 1.807) is 0 Å². The summed E-state index contributed by atoms with van der Waals surface area (Å²) in [4.78, 5) is 0. The first-order chi connectivity index (χ1) is 9.70. The standard InChI is InChI=1S/C15H14N2O2S/c1-10-3-2-4-11(7-10)16-15(20)17-12-5-6-13-14(8-12)19-9-18-13/h2-8H,9H2,1H3,(H2,16,17,20). The Morgan fingerprint density at radius 3 is 2.55 bits per heavy atom. The summed E-state index contributed by atoms with van der Waals surface area (Å²) >= 11 is 5.29. The SMILES string of the molecule is Cc1cccc(NC(=S)Nc2ccc3c(c2)OCO3)c1. The van der Waals surface area contributed by atoms with Gasteiger partial charge in [0.2, 0.25) is 6.79 Å². The highest BCUT2D eigenvalue weighted by molar-refractivity contribution is 7.80. The summed E-state index contributed by atoms with van der Waals surface area (Å²) in [6, 6.07) is 13.7. The normalized spacial score (nSPS) is 12.1. The van der Waals surface area contributed by atoms with Crippen LogP contribution in [-0.2, 0) is 0 Å². The maximum absolute atomic E-state index is 5.33. The summed E-state index contributed by atoms with van der Waals surface area (Å²) in [6.07, 6.45) is 0. The number of hydrogen-bond acceptors (Lipinski definition) is 3. The van der Waals surface area contributed by atoms with E-state index in [4.69, 9.17) is 21.7 Å². The number of hydrogen-bond donors (Lipinski definition) is 2. The highest BCUT2D eigenvalue weighted by Crippen LogP contribution is 2.34. The molecular weight excluding hydrogens is 272 g/mol. The maximum atomic E-state index is 5.33. The number of thiocarbonyl (C=S) groups is 1. The van der Waals surface area contributed by atoms with Crippen LogP contribution in [0.4, 0.5) is 11.4 Å². The molecule has 0 atom stereocenters. The van der Waals surface area contributed by atoms with Crippen molar-refractivity contribution in [2.75, 3.05) is 17.4 Å². The van der Waals surface area contributed by atoms with Gasteiger partial charge in [0.1, 0.15) is 0 Å². The third-order valence-corrected chi connectivity index (χ3v) is 3.11. The van der Waals surface area contributed by atoms with Crippen molar-refractivity contribution < 1.29 is 9.47 Å². The zero-order valence-electron chi connectivity index (χ0n) is 11.0. The Kier molecular flexibility index (Phi) is 3.43. The van der Waals surface area contributed by atoms with Gasteiger partial charge < -0.3 is 20.1 Å². The van der Waals surface area contributed by atoms with Crippen molar-refractivity contribution in [3.8, 4) is 11.5 Å². The Balaban J connectivity index is 1.67. The average molecular weight is 286 g/mol. The van der Waals surface area contributed by atoms with Crippen molar-refractivity contribution in [3.63, 3.8) is 0 Å². The molecule has 20 heavy (non-hydrogen) atoms. The minimum Gasteiger partial charge on any atom is -0.454 e. The topological polar surface area (TPSA) is 42.5 Å². The number of anilines is 2. The van der Waals surface area contributed by atoms with Crippen LogP contribution >= 0.6 is 12.2 Å². The van der Waals surface area contributed by atoms with Crippen LogP contribution in [0.5, 0.6) is 11.5 Å². The minimum atomic E-state index is 0.269. The first kappa shape index (κ1) is 12.7. The summed E-state index contributed by atoms with van der Waals surface area (Å²) in [5.41, 5.74) is 3.00. The molecule has 102 valence electrons. The summed E-state index contributed by atoms with van der Waals surface area (Å²) < 4.78 is 10.6. The summed E-state index contributed by atoms with van der Waals surface area (Å²) in [6.45, 7) is 2.31. The second-order valence-electron chi connectivity index (χ2n) is 4.52. The van der Waals surface area contributed by atoms with Crippen LogP contribution in [-0.4, -0.2) is 11.9 Å². The van der Waals surface area contributed by atoms with Crippen molar-refractivity contribution in [1.29, 1.82) is 0 Å². The number of rotatable bonds is 2. The molecule has 0 aliphatic carbocycles. The van der Waals surface area contributed by atoms with E-state index < -0.39 is 0 Å². The lowest BCUT2D eigenvalue weighted by Crippen LogP contribution is -2.18. The summed E-state index contributed by atoms with van der Waals surface area (Å²) in [7, 11) is 0. The quantitative estimate of drug-likeness (QED) is 0.827. The Hall–Kier alpha value is -2.27. The van der Waals surface area contributed by atoms with E-state index in [0.717, 1.165) is 22.9 Å². The molecule has 2 aromatic rings. The molecule has 0 fully saturated rings. The van der Waals surface area contributed by atoms with Gasteiger partial charge in [0.05, 0.1) is 0 Å². The predicted molar refractivity (Wildman–Crippen MR) is 83.6 cm³/mol. The molecule has 0 aromatic heterocycles. The molecule has 0 bridgehead atoms. The van der Waals surface area contributed by atoms with Crippen LogP contribution in [0.3, 0.4) is 0 Å². The monoisotopic (exact) mass is 286 g/mol. The lowest BCUT2D eigenvalue weighted by Gasteiger charge is -2.11. The van der Waals surface area contributed by atoms with Crippen molar-refractivity contribution in [3.05, 3.63) is 48.0 Å². The Morgan fingerprint density at radius 2 is 1.75 bits per heavy atom. The number of benzene rings is 2. The van der Waals surface area contributed by atoms with E-state index in [1.165, 1.54) is 5.56 Å². The molecule has 1 aliphatic rings. The maximum Gasteiger partial charge on any atom is 0.231 e. The second kappa shape index (κ2) is 5.38. The Morgan fingerprint density at radius 1 is 1.00 bits per heavy atom. The van der Waals surface area contributed by atoms with Crippen LogP contribution in [0.1, 0.15) is 5.56 Å². The van der Waals surface area contributed by atoms with Crippen LogP contribution in [0, 0.1) is 6.92 Å². The van der Waals surface area contributed by atoms with Crippen molar-refractivity contribution in [2.45, 2.75) is 6.92 Å². The van der Waals surface area contributed by atoms with E-state index in [9.17, 15) is 0 Å². The average Bonchev–Trinajstić information content (AvgIpc) is 2.86. The molecule has 0 radical (unpaired) electrons. The largest absolute Gasteiger partial charge is 0.454 e. The van der Waals surface area contributed by atoms with E-state index in [-0.39, 0.29) is 6.79 Å². The van der Waals surface area contributed by atoms with Gasteiger partial charge in [-0.2, -0.15) is 0 Å². The third-order valence-electron chi connectivity index (χ3n) is 2.91. The lowest BCUT2D eigenvalue weighted by molar-refractivity contribution is 0.174. The smallest absolute Gasteiger partial charge is 0.231 e. The first-order valence-corrected chi connectivity index (χ1v) is 6.66. The molecule has 0 amide bonds. The van der Waals surface area contributed by atoms with Crippen molar-refractivity contribution in [2.24, 2.45) is 0 Å². The molecule has 0 spiro atoms. The number of fused-ring (bicyclic) bond motifs is 1. The van der Waals surface area contributed by atoms with Crippen LogP contribution < -0.4 is 20.1 Å². The number of aryl methyl sites for hydroxylation is 1. The molecule has 2 N–H and O–H groups in total. The fourth-order valence-corrected chi connectivity index (χ4v) is 2.23. The van der Waals surface area contributed by atoms with Gasteiger partial charge in [0.25, 0.3) is 0 Å². The van der Waals surface area contributed by atoms with Gasteiger partial charge in [-0.15, -0.1) is 0 Å². The molecule has 2 aromatic carbocycles. The molecule has 0 saturated carbocycles. The molecule has 0 unspecified atom stereocenters. The minimum absolute atomic E-state index is 0.269. The van der Waals surface area contributed by atoms with Gasteiger partial charge in [-0.25, -0.2) is 0 Å². The molecule has 0 saturated heterocycles. The molecule has 3 rings (SSSR count). The van der Waals surface area contributed by atoms with Gasteiger partial charge in [-0.1, -0.05) is 12.1 Å². The van der Waals surface area contributed by atoms with Crippen LogP contribution in [0.15, 0.2) is 42.5 Å². The highest BCUT2D eigenvalue weighted by atomic mass is 32.1. The van der Waals surface area contributed by atoms with Crippen LogP contribution in [0.2, 0.25) is 0 Å². The molecule has 1 aliphatic heterocycles. The Bertz CT molecular complexity index is 658. The van der Waals surface area contributed by atoms with Crippen molar-refractivity contribution >= 4 is 28.7 Å².